The standard InChI is InChI=1S/C26H24N4O4/c1-33-18-6-4-17(5-7-18)23-24(26(32)28-25(23)31)21-15-30(12-3-11-29-13-10-27-16-29)22-9-8-19(34-2)14-20(21)22/h4-10,13-16H,3,11-12H2,1-2H3,(H,28,31,32). The van der Waals surface area contributed by atoms with Crippen molar-refractivity contribution in [2.75, 3.05) is 14.2 Å². The van der Waals surface area contributed by atoms with Gasteiger partial charge in [0.05, 0.1) is 31.7 Å². The van der Waals surface area contributed by atoms with Gasteiger partial charge in [0.2, 0.25) is 0 Å². The number of amides is 2. The predicted octanol–water partition coefficient (Wildman–Crippen LogP) is 3.51. The molecule has 4 aromatic rings. The Balaban J connectivity index is 1.62. The Morgan fingerprint density at radius 3 is 2.35 bits per heavy atom. The van der Waals surface area contributed by atoms with Crippen molar-refractivity contribution >= 4 is 33.9 Å². The largest absolute Gasteiger partial charge is 0.497 e. The van der Waals surface area contributed by atoms with Gasteiger partial charge in [0.25, 0.3) is 11.8 Å². The number of nitrogens with zero attached hydrogens (tertiary/aromatic N) is 3. The zero-order valence-corrected chi connectivity index (χ0v) is 18.9. The molecule has 1 aliphatic rings. The summed E-state index contributed by atoms with van der Waals surface area (Å²) in [7, 11) is 3.19. The number of fused-ring (bicyclic) bond motifs is 1. The highest BCUT2D eigenvalue weighted by Crippen LogP contribution is 2.37. The van der Waals surface area contributed by atoms with Crippen LogP contribution in [0.2, 0.25) is 0 Å². The Morgan fingerprint density at radius 1 is 0.912 bits per heavy atom. The molecule has 0 saturated carbocycles. The van der Waals surface area contributed by atoms with Crippen LogP contribution in [-0.2, 0) is 22.7 Å². The average Bonchev–Trinajstić information content (AvgIpc) is 3.57. The average molecular weight is 457 g/mol. The highest BCUT2D eigenvalue weighted by atomic mass is 16.5. The van der Waals surface area contributed by atoms with Gasteiger partial charge in [-0.05, 0) is 42.3 Å². The van der Waals surface area contributed by atoms with Crippen LogP contribution < -0.4 is 14.8 Å². The molecule has 2 aromatic heterocycles. The summed E-state index contributed by atoms with van der Waals surface area (Å²) < 4.78 is 14.8. The number of imidazole rings is 1. The van der Waals surface area contributed by atoms with Crippen LogP contribution in [0.3, 0.4) is 0 Å². The van der Waals surface area contributed by atoms with Crippen LogP contribution in [0, 0.1) is 0 Å². The molecule has 2 amide bonds. The summed E-state index contributed by atoms with van der Waals surface area (Å²) in [6.07, 6.45) is 8.32. The van der Waals surface area contributed by atoms with Crippen LogP contribution in [0.25, 0.3) is 22.0 Å². The lowest BCUT2D eigenvalue weighted by Crippen LogP contribution is -2.22. The first kappa shape index (κ1) is 21.5. The van der Waals surface area contributed by atoms with Crippen LogP contribution >= 0.6 is 0 Å². The van der Waals surface area contributed by atoms with Gasteiger partial charge in [-0.1, -0.05) is 12.1 Å². The summed E-state index contributed by atoms with van der Waals surface area (Å²) >= 11 is 0. The molecule has 3 heterocycles. The van der Waals surface area contributed by atoms with Gasteiger partial charge in [0.1, 0.15) is 11.5 Å². The van der Waals surface area contributed by atoms with Gasteiger partial charge in [-0.3, -0.25) is 14.9 Å². The summed E-state index contributed by atoms with van der Waals surface area (Å²) in [5, 5.41) is 3.33. The van der Waals surface area contributed by atoms with E-state index in [9.17, 15) is 9.59 Å². The molecule has 34 heavy (non-hydrogen) atoms. The molecule has 2 aromatic carbocycles. The Hall–Kier alpha value is -4.33. The lowest BCUT2D eigenvalue weighted by molar-refractivity contribution is -0.122. The molecule has 0 bridgehead atoms. The van der Waals surface area contributed by atoms with E-state index in [1.165, 1.54) is 0 Å². The number of methoxy groups -OCH3 is 2. The molecular formula is C26H24N4O4. The van der Waals surface area contributed by atoms with Crippen LogP contribution in [-0.4, -0.2) is 40.2 Å². The topological polar surface area (TPSA) is 87.4 Å². The highest BCUT2D eigenvalue weighted by Gasteiger charge is 2.34. The van der Waals surface area contributed by atoms with Crippen molar-refractivity contribution in [1.29, 1.82) is 0 Å². The first-order valence-corrected chi connectivity index (χ1v) is 11.0. The SMILES string of the molecule is COc1ccc(C2=C(c3cn(CCCn4ccnc4)c4ccc(OC)cc34)C(=O)NC2=O)cc1. The number of carbonyl (C=O) groups excluding carboxylic acids is 2. The smallest absolute Gasteiger partial charge is 0.259 e. The number of hydrogen-bond donors (Lipinski definition) is 1. The van der Waals surface area contributed by atoms with Gasteiger partial charge >= 0.3 is 0 Å². The minimum absolute atomic E-state index is 0.355. The molecule has 0 unspecified atom stereocenters. The molecule has 0 radical (unpaired) electrons. The fourth-order valence-corrected chi connectivity index (χ4v) is 4.38. The number of aryl methyl sites for hydroxylation is 2. The molecule has 8 heteroatoms. The van der Waals surface area contributed by atoms with Crippen molar-refractivity contribution in [2.24, 2.45) is 0 Å². The molecule has 0 fully saturated rings. The molecule has 1 N–H and O–H groups in total. The third kappa shape index (κ3) is 3.83. The third-order valence-corrected chi connectivity index (χ3v) is 6.04. The van der Waals surface area contributed by atoms with Gasteiger partial charge in [-0.15, -0.1) is 0 Å². The van der Waals surface area contributed by atoms with Crippen molar-refractivity contribution in [3.63, 3.8) is 0 Å². The predicted molar refractivity (Wildman–Crippen MR) is 128 cm³/mol. The van der Waals surface area contributed by atoms with Crippen molar-refractivity contribution < 1.29 is 19.1 Å². The van der Waals surface area contributed by atoms with E-state index in [0.717, 1.165) is 30.4 Å². The van der Waals surface area contributed by atoms with Gasteiger partial charge in [-0.2, -0.15) is 0 Å². The molecule has 0 spiro atoms. The first-order chi connectivity index (χ1) is 16.6. The zero-order valence-electron chi connectivity index (χ0n) is 18.9. The number of nitrogens with one attached hydrogen (secondary N) is 1. The third-order valence-electron chi connectivity index (χ3n) is 6.04. The van der Waals surface area contributed by atoms with Crippen molar-refractivity contribution in [3.05, 3.63) is 78.5 Å². The van der Waals surface area contributed by atoms with Crippen LogP contribution in [0.1, 0.15) is 17.5 Å². The lowest BCUT2D eigenvalue weighted by Gasteiger charge is -2.06. The maximum atomic E-state index is 13.0. The molecule has 5 rings (SSSR count). The Labute approximate surface area is 196 Å². The second kappa shape index (κ2) is 8.90. The second-order valence-corrected chi connectivity index (χ2v) is 8.04. The maximum Gasteiger partial charge on any atom is 0.259 e. The number of hydrogen-bond acceptors (Lipinski definition) is 5. The number of imide groups is 1. The molecule has 1 aliphatic heterocycles. The van der Waals surface area contributed by atoms with E-state index >= 15 is 0 Å². The fourth-order valence-electron chi connectivity index (χ4n) is 4.38. The minimum atomic E-state index is -0.408. The number of rotatable bonds is 8. The first-order valence-electron chi connectivity index (χ1n) is 11.0. The Kier molecular flexibility index (Phi) is 5.63. The number of ether oxygens (including phenoxy) is 2. The normalized spacial score (nSPS) is 13.6. The maximum absolute atomic E-state index is 13.0. The highest BCUT2D eigenvalue weighted by molar-refractivity contribution is 6.50. The van der Waals surface area contributed by atoms with E-state index in [-0.39, 0.29) is 0 Å². The van der Waals surface area contributed by atoms with Gasteiger partial charge < -0.3 is 18.6 Å². The lowest BCUT2D eigenvalue weighted by atomic mass is 9.96. The fraction of sp³-hybridized carbons (Fsp3) is 0.192. The summed E-state index contributed by atoms with van der Waals surface area (Å²) in [5.74, 6) is 0.543. The number of benzene rings is 2. The quantitative estimate of drug-likeness (QED) is 0.410. The van der Waals surface area contributed by atoms with E-state index in [2.05, 4.69) is 14.9 Å². The Morgan fingerprint density at radius 2 is 1.65 bits per heavy atom. The van der Waals surface area contributed by atoms with E-state index in [1.807, 2.05) is 35.2 Å². The van der Waals surface area contributed by atoms with Gasteiger partial charge in [-0.25, -0.2) is 4.98 Å². The Bertz CT molecular complexity index is 1400. The summed E-state index contributed by atoms with van der Waals surface area (Å²) in [4.78, 5) is 29.9. The van der Waals surface area contributed by atoms with Crippen LogP contribution in [0.4, 0.5) is 0 Å². The van der Waals surface area contributed by atoms with Crippen molar-refractivity contribution in [2.45, 2.75) is 19.5 Å². The van der Waals surface area contributed by atoms with Crippen LogP contribution in [0.5, 0.6) is 11.5 Å². The van der Waals surface area contributed by atoms with E-state index in [0.29, 0.717) is 33.8 Å². The molecule has 0 aliphatic carbocycles. The molecular weight excluding hydrogens is 432 g/mol. The van der Waals surface area contributed by atoms with Gasteiger partial charge in [0, 0.05) is 48.1 Å². The van der Waals surface area contributed by atoms with E-state index in [1.54, 1.807) is 51.0 Å². The number of aromatic nitrogens is 3. The summed E-state index contributed by atoms with van der Waals surface area (Å²) in [5.41, 5.74) is 3.04. The monoisotopic (exact) mass is 456 g/mol. The summed E-state index contributed by atoms with van der Waals surface area (Å²) in [6, 6.07) is 12.9. The molecule has 0 atom stereocenters. The van der Waals surface area contributed by atoms with E-state index in [4.69, 9.17) is 9.47 Å². The zero-order chi connectivity index (χ0) is 23.7. The molecule has 0 saturated heterocycles. The summed E-state index contributed by atoms with van der Waals surface area (Å²) in [6.45, 7) is 1.56. The van der Waals surface area contributed by atoms with Crippen molar-refractivity contribution in [3.8, 4) is 11.5 Å². The van der Waals surface area contributed by atoms with Crippen LogP contribution in [0.15, 0.2) is 67.4 Å². The molecule has 172 valence electrons. The van der Waals surface area contributed by atoms with Crippen molar-refractivity contribution in [1.82, 2.24) is 19.4 Å². The molecule has 8 nitrogen and oxygen atoms in total. The van der Waals surface area contributed by atoms with E-state index < -0.39 is 11.8 Å². The van der Waals surface area contributed by atoms with Gasteiger partial charge in [0.15, 0.2) is 0 Å². The second-order valence-electron chi connectivity index (χ2n) is 8.04. The minimum Gasteiger partial charge on any atom is -0.497 e. The number of carbonyl (C=O) groups is 2.